The molecule has 0 bridgehead atoms. The van der Waals surface area contributed by atoms with E-state index in [1.54, 1.807) is 0 Å². The molecule has 2 aromatic rings. The quantitative estimate of drug-likeness (QED) is 0.872. The fraction of sp³-hybridized carbons (Fsp3) is 0.200. The lowest BCUT2D eigenvalue weighted by Crippen LogP contribution is -2.13. The van der Waals surface area contributed by atoms with Crippen LogP contribution in [0.25, 0.3) is 0 Å². The molecule has 17 heavy (non-hydrogen) atoms. The van der Waals surface area contributed by atoms with Crippen LogP contribution in [0.15, 0.2) is 48.5 Å². The van der Waals surface area contributed by atoms with Crippen molar-refractivity contribution in [1.29, 1.82) is 0 Å². The number of hydrogen-bond acceptors (Lipinski definition) is 1. The van der Waals surface area contributed by atoms with E-state index in [0.29, 0.717) is 0 Å². The van der Waals surface area contributed by atoms with E-state index in [-0.39, 0.29) is 6.04 Å². The molecule has 0 aliphatic heterocycles. The summed E-state index contributed by atoms with van der Waals surface area (Å²) in [7, 11) is 0. The highest BCUT2D eigenvalue weighted by Crippen LogP contribution is 2.22. The van der Waals surface area contributed by atoms with Gasteiger partial charge in [0.1, 0.15) is 0 Å². The SMILES string of the molecule is Cc1ccc(C(N)Cc2ccccc2Cl)cc1. The Hall–Kier alpha value is -1.31. The summed E-state index contributed by atoms with van der Waals surface area (Å²) < 4.78 is 0. The molecule has 0 amide bonds. The third kappa shape index (κ3) is 3.09. The first-order valence-corrected chi connectivity index (χ1v) is 6.10. The molecule has 0 aliphatic carbocycles. The molecule has 0 aromatic heterocycles. The van der Waals surface area contributed by atoms with E-state index < -0.39 is 0 Å². The van der Waals surface area contributed by atoms with Crippen LogP contribution in [0, 0.1) is 6.92 Å². The van der Waals surface area contributed by atoms with Gasteiger partial charge in [-0.1, -0.05) is 59.6 Å². The van der Waals surface area contributed by atoms with E-state index in [4.69, 9.17) is 17.3 Å². The van der Waals surface area contributed by atoms with Gasteiger partial charge in [-0.3, -0.25) is 0 Å². The summed E-state index contributed by atoms with van der Waals surface area (Å²) in [5.41, 5.74) is 9.68. The Morgan fingerprint density at radius 1 is 1.06 bits per heavy atom. The van der Waals surface area contributed by atoms with Crippen LogP contribution in [0.2, 0.25) is 5.02 Å². The summed E-state index contributed by atoms with van der Waals surface area (Å²) in [6.07, 6.45) is 0.767. The van der Waals surface area contributed by atoms with Crippen molar-refractivity contribution in [3.63, 3.8) is 0 Å². The van der Waals surface area contributed by atoms with Crippen LogP contribution in [0.3, 0.4) is 0 Å². The normalized spacial score (nSPS) is 12.4. The van der Waals surface area contributed by atoms with Gasteiger partial charge in [-0.15, -0.1) is 0 Å². The van der Waals surface area contributed by atoms with Crippen molar-refractivity contribution in [2.75, 3.05) is 0 Å². The highest BCUT2D eigenvalue weighted by Gasteiger charge is 2.08. The van der Waals surface area contributed by atoms with Crippen molar-refractivity contribution in [3.05, 3.63) is 70.2 Å². The average Bonchev–Trinajstić information content (AvgIpc) is 2.33. The zero-order valence-electron chi connectivity index (χ0n) is 9.86. The van der Waals surface area contributed by atoms with Crippen LogP contribution < -0.4 is 5.73 Å². The Kier molecular flexibility index (Phi) is 3.82. The van der Waals surface area contributed by atoms with E-state index in [1.807, 2.05) is 24.3 Å². The molecule has 0 aliphatic rings. The molecule has 0 saturated carbocycles. The molecule has 88 valence electrons. The summed E-state index contributed by atoms with van der Waals surface area (Å²) in [6, 6.07) is 16.2. The predicted octanol–water partition coefficient (Wildman–Crippen LogP) is 3.89. The van der Waals surface area contributed by atoms with Crippen LogP contribution in [-0.2, 0) is 6.42 Å². The van der Waals surface area contributed by atoms with E-state index in [2.05, 4.69) is 31.2 Å². The van der Waals surface area contributed by atoms with Crippen LogP contribution in [-0.4, -0.2) is 0 Å². The van der Waals surface area contributed by atoms with Crippen molar-refractivity contribution < 1.29 is 0 Å². The number of rotatable bonds is 3. The minimum absolute atomic E-state index is 0.00417. The largest absolute Gasteiger partial charge is 0.324 e. The van der Waals surface area contributed by atoms with Crippen molar-refractivity contribution in [2.24, 2.45) is 5.73 Å². The third-order valence-corrected chi connectivity index (χ3v) is 3.27. The number of aryl methyl sites for hydroxylation is 1. The minimum Gasteiger partial charge on any atom is -0.324 e. The lowest BCUT2D eigenvalue weighted by molar-refractivity contribution is 0.722. The number of halogens is 1. The molecule has 2 rings (SSSR count). The maximum atomic E-state index is 6.19. The molecule has 0 fully saturated rings. The first-order valence-electron chi connectivity index (χ1n) is 5.72. The van der Waals surface area contributed by atoms with Crippen molar-refractivity contribution >= 4 is 11.6 Å². The van der Waals surface area contributed by atoms with E-state index >= 15 is 0 Å². The van der Waals surface area contributed by atoms with Gasteiger partial charge in [0.25, 0.3) is 0 Å². The van der Waals surface area contributed by atoms with E-state index in [9.17, 15) is 0 Å². The molecular weight excluding hydrogens is 230 g/mol. The molecule has 0 spiro atoms. The molecule has 1 unspecified atom stereocenters. The fourth-order valence-electron chi connectivity index (χ4n) is 1.83. The van der Waals surface area contributed by atoms with Gasteiger partial charge >= 0.3 is 0 Å². The highest BCUT2D eigenvalue weighted by molar-refractivity contribution is 6.31. The smallest absolute Gasteiger partial charge is 0.0438 e. The Morgan fingerprint density at radius 2 is 1.71 bits per heavy atom. The predicted molar refractivity (Wildman–Crippen MR) is 73.3 cm³/mol. The molecule has 2 heteroatoms. The van der Waals surface area contributed by atoms with Gasteiger partial charge in [0.2, 0.25) is 0 Å². The molecule has 1 atom stereocenters. The molecular formula is C15H16ClN. The third-order valence-electron chi connectivity index (χ3n) is 2.90. The number of benzene rings is 2. The number of nitrogens with two attached hydrogens (primary N) is 1. The minimum atomic E-state index is -0.00417. The van der Waals surface area contributed by atoms with Crippen LogP contribution >= 0.6 is 11.6 Å². The highest BCUT2D eigenvalue weighted by atomic mass is 35.5. The maximum absolute atomic E-state index is 6.19. The molecule has 2 N–H and O–H groups in total. The topological polar surface area (TPSA) is 26.0 Å². The Balaban J connectivity index is 2.14. The van der Waals surface area contributed by atoms with Gasteiger partial charge in [-0.25, -0.2) is 0 Å². The molecule has 1 nitrogen and oxygen atoms in total. The standard InChI is InChI=1S/C15H16ClN/c1-11-6-8-12(9-7-11)15(17)10-13-4-2-3-5-14(13)16/h2-9,15H,10,17H2,1H3. The second-order valence-electron chi connectivity index (χ2n) is 4.31. The summed E-state index contributed by atoms with van der Waals surface area (Å²) in [6.45, 7) is 2.07. The zero-order valence-corrected chi connectivity index (χ0v) is 10.6. The second-order valence-corrected chi connectivity index (χ2v) is 4.72. The summed E-state index contributed by atoms with van der Waals surface area (Å²) in [4.78, 5) is 0. The average molecular weight is 246 g/mol. The van der Waals surface area contributed by atoms with Gasteiger partial charge in [-0.2, -0.15) is 0 Å². The van der Waals surface area contributed by atoms with Crippen LogP contribution in [0.5, 0.6) is 0 Å². The van der Waals surface area contributed by atoms with Gasteiger partial charge in [-0.05, 0) is 30.5 Å². The van der Waals surface area contributed by atoms with Crippen molar-refractivity contribution in [2.45, 2.75) is 19.4 Å². The summed E-state index contributed by atoms with van der Waals surface area (Å²) in [5, 5.41) is 0.787. The van der Waals surface area contributed by atoms with Gasteiger partial charge in [0.15, 0.2) is 0 Å². The fourth-order valence-corrected chi connectivity index (χ4v) is 2.05. The van der Waals surface area contributed by atoms with E-state index in [1.165, 1.54) is 5.56 Å². The van der Waals surface area contributed by atoms with Crippen LogP contribution in [0.4, 0.5) is 0 Å². The van der Waals surface area contributed by atoms with Crippen molar-refractivity contribution in [3.8, 4) is 0 Å². The Bertz CT molecular complexity index is 491. The molecule has 0 heterocycles. The zero-order chi connectivity index (χ0) is 12.3. The first-order chi connectivity index (χ1) is 8.16. The Labute approximate surface area is 107 Å². The monoisotopic (exact) mass is 245 g/mol. The van der Waals surface area contributed by atoms with Crippen molar-refractivity contribution in [1.82, 2.24) is 0 Å². The summed E-state index contributed by atoms with van der Waals surface area (Å²) in [5.74, 6) is 0. The second kappa shape index (κ2) is 5.35. The van der Waals surface area contributed by atoms with Crippen LogP contribution in [0.1, 0.15) is 22.7 Å². The maximum Gasteiger partial charge on any atom is 0.0438 e. The van der Waals surface area contributed by atoms with E-state index in [0.717, 1.165) is 22.6 Å². The lowest BCUT2D eigenvalue weighted by Gasteiger charge is -2.13. The first kappa shape index (κ1) is 12.2. The van der Waals surface area contributed by atoms with Gasteiger partial charge in [0.05, 0.1) is 0 Å². The Morgan fingerprint density at radius 3 is 2.35 bits per heavy atom. The number of hydrogen-bond donors (Lipinski definition) is 1. The lowest BCUT2D eigenvalue weighted by atomic mass is 9.99. The molecule has 0 saturated heterocycles. The molecule has 2 aromatic carbocycles. The van der Waals surface area contributed by atoms with Gasteiger partial charge in [0, 0.05) is 11.1 Å². The summed E-state index contributed by atoms with van der Waals surface area (Å²) >= 11 is 6.13. The van der Waals surface area contributed by atoms with Gasteiger partial charge < -0.3 is 5.73 Å². The molecule has 0 radical (unpaired) electrons.